The summed E-state index contributed by atoms with van der Waals surface area (Å²) in [4.78, 5) is 22.7. The van der Waals surface area contributed by atoms with Gasteiger partial charge in [-0.1, -0.05) is 0 Å². The molecular formula is C10H17NO3S2. The first-order chi connectivity index (χ1) is 7.65. The highest BCUT2D eigenvalue weighted by atomic mass is 32.2. The summed E-state index contributed by atoms with van der Waals surface area (Å²) >= 11 is 3.34. The molecule has 0 bridgehead atoms. The van der Waals surface area contributed by atoms with Crippen LogP contribution in [0.1, 0.15) is 12.8 Å². The minimum atomic E-state index is -0.937. The molecule has 4 nitrogen and oxygen atoms in total. The molecule has 1 unspecified atom stereocenters. The summed E-state index contributed by atoms with van der Waals surface area (Å²) < 4.78 is 0. The molecule has 0 aromatic carbocycles. The van der Waals surface area contributed by atoms with Crippen molar-refractivity contribution in [3.8, 4) is 0 Å². The molecule has 1 amide bonds. The van der Waals surface area contributed by atoms with Crippen molar-refractivity contribution in [2.75, 3.05) is 23.5 Å². The largest absolute Gasteiger partial charge is 0.480 e. The number of carboxylic acid groups (broad SMARTS) is 1. The Morgan fingerprint density at radius 1 is 1.62 bits per heavy atom. The zero-order chi connectivity index (χ0) is 12.0. The van der Waals surface area contributed by atoms with Crippen LogP contribution in [-0.4, -0.2) is 46.5 Å². The van der Waals surface area contributed by atoms with Crippen molar-refractivity contribution in [1.82, 2.24) is 5.32 Å². The predicted octanol–water partition coefficient (Wildman–Crippen LogP) is 1.06. The van der Waals surface area contributed by atoms with Crippen LogP contribution in [0, 0.1) is 5.92 Å². The molecule has 92 valence electrons. The van der Waals surface area contributed by atoms with Crippen molar-refractivity contribution in [2.24, 2.45) is 5.92 Å². The monoisotopic (exact) mass is 263 g/mol. The number of hydrogen-bond donors (Lipinski definition) is 2. The van der Waals surface area contributed by atoms with Crippen molar-refractivity contribution in [3.63, 3.8) is 0 Å². The number of rotatable bonds is 6. The Morgan fingerprint density at radius 3 is 2.88 bits per heavy atom. The molecule has 2 atom stereocenters. The predicted molar refractivity (Wildman–Crippen MR) is 68.0 cm³/mol. The van der Waals surface area contributed by atoms with E-state index < -0.39 is 12.0 Å². The summed E-state index contributed by atoms with van der Waals surface area (Å²) in [5, 5.41) is 11.6. The number of carbonyl (C=O) groups excluding carboxylic acids is 1. The average Bonchev–Trinajstić information content (AvgIpc) is 2.76. The second-order valence-electron chi connectivity index (χ2n) is 3.74. The zero-order valence-corrected chi connectivity index (χ0v) is 10.9. The van der Waals surface area contributed by atoms with E-state index in [4.69, 9.17) is 5.11 Å². The molecule has 1 aliphatic rings. The molecule has 0 aromatic rings. The van der Waals surface area contributed by atoms with Crippen molar-refractivity contribution in [1.29, 1.82) is 0 Å². The third-order valence-electron chi connectivity index (χ3n) is 2.53. The fourth-order valence-corrected chi connectivity index (χ4v) is 3.22. The van der Waals surface area contributed by atoms with Gasteiger partial charge in [-0.05, 0) is 30.6 Å². The van der Waals surface area contributed by atoms with Gasteiger partial charge in [-0.2, -0.15) is 23.5 Å². The maximum absolute atomic E-state index is 11.7. The molecule has 2 N–H and O–H groups in total. The highest BCUT2D eigenvalue weighted by molar-refractivity contribution is 7.99. The van der Waals surface area contributed by atoms with E-state index in [9.17, 15) is 9.59 Å². The Balaban J connectivity index is 2.40. The van der Waals surface area contributed by atoms with Gasteiger partial charge in [0.15, 0.2) is 0 Å². The first-order valence-corrected chi connectivity index (χ1v) is 7.80. The maximum Gasteiger partial charge on any atom is 0.326 e. The van der Waals surface area contributed by atoms with Gasteiger partial charge in [0, 0.05) is 11.7 Å². The lowest BCUT2D eigenvalue weighted by Gasteiger charge is -2.16. The topological polar surface area (TPSA) is 66.4 Å². The third-order valence-corrected chi connectivity index (χ3v) is 4.33. The second kappa shape index (κ2) is 7.06. The lowest BCUT2D eigenvalue weighted by atomic mass is 10.1. The first kappa shape index (κ1) is 13.7. The maximum atomic E-state index is 11.7. The fraction of sp³-hybridized carbons (Fsp3) is 0.800. The van der Waals surface area contributed by atoms with Crippen LogP contribution in [0.5, 0.6) is 0 Å². The highest BCUT2D eigenvalue weighted by Crippen LogP contribution is 2.23. The normalized spacial score (nSPS) is 21.7. The van der Waals surface area contributed by atoms with Gasteiger partial charge in [0.2, 0.25) is 5.91 Å². The summed E-state index contributed by atoms with van der Waals surface area (Å²) in [6.45, 7) is 0. The van der Waals surface area contributed by atoms with Crippen LogP contribution in [0.2, 0.25) is 0 Å². The summed E-state index contributed by atoms with van der Waals surface area (Å²) in [6, 6.07) is -0.731. The quantitative estimate of drug-likeness (QED) is 0.750. The summed E-state index contributed by atoms with van der Waals surface area (Å²) in [7, 11) is 0. The van der Waals surface area contributed by atoms with Gasteiger partial charge in [-0.3, -0.25) is 4.79 Å². The van der Waals surface area contributed by atoms with E-state index in [0.29, 0.717) is 6.42 Å². The number of thioether (sulfide) groups is 2. The second-order valence-corrected chi connectivity index (χ2v) is 5.88. The zero-order valence-electron chi connectivity index (χ0n) is 9.27. The van der Waals surface area contributed by atoms with Crippen molar-refractivity contribution < 1.29 is 14.7 Å². The number of amides is 1. The van der Waals surface area contributed by atoms with Gasteiger partial charge in [-0.15, -0.1) is 0 Å². The number of carbonyl (C=O) groups is 2. The van der Waals surface area contributed by atoms with Crippen molar-refractivity contribution in [2.45, 2.75) is 18.9 Å². The third kappa shape index (κ3) is 4.25. The molecule has 0 saturated carbocycles. The van der Waals surface area contributed by atoms with E-state index in [1.807, 2.05) is 6.26 Å². The molecule has 1 rings (SSSR count). The van der Waals surface area contributed by atoms with E-state index in [-0.39, 0.29) is 11.8 Å². The van der Waals surface area contributed by atoms with E-state index in [0.717, 1.165) is 23.7 Å². The molecule has 16 heavy (non-hydrogen) atoms. The number of carboxylic acids is 1. The lowest BCUT2D eigenvalue weighted by Crippen LogP contribution is -2.44. The molecule has 0 radical (unpaired) electrons. The van der Waals surface area contributed by atoms with Crippen LogP contribution in [0.25, 0.3) is 0 Å². The smallest absolute Gasteiger partial charge is 0.326 e. The first-order valence-electron chi connectivity index (χ1n) is 5.25. The Morgan fingerprint density at radius 2 is 2.38 bits per heavy atom. The average molecular weight is 263 g/mol. The van der Waals surface area contributed by atoms with Gasteiger partial charge in [0.25, 0.3) is 0 Å². The number of aliphatic carboxylic acids is 1. The molecule has 0 spiro atoms. The van der Waals surface area contributed by atoms with Crippen LogP contribution in [-0.2, 0) is 9.59 Å². The van der Waals surface area contributed by atoms with Gasteiger partial charge in [0.1, 0.15) is 6.04 Å². The summed E-state index contributed by atoms with van der Waals surface area (Å²) in [5.41, 5.74) is 0. The Bertz CT molecular complexity index is 254. The van der Waals surface area contributed by atoms with Crippen LogP contribution in [0.4, 0.5) is 0 Å². The number of nitrogens with one attached hydrogen (secondary N) is 1. The minimum Gasteiger partial charge on any atom is -0.480 e. The SMILES string of the molecule is CSCC[C@H](NC(=O)C1CCSC1)C(=O)O. The Kier molecular flexibility index (Phi) is 6.05. The fourth-order valence-electron chi connectivity index (χ4n) is 1.52. The minimum absolute atomic E-state index is 0.00105. The van der Waals surface area contributed by atoms with Crippen LogP contribution in [0.3, 0.4) is 0 Å². The molecule has 0 aromatic heterocycles. The summed E-state index contributed by atoms with van der Waals surface area (Å²) in [5.74, 6) is 1.53. The van der Waals surface area contributed by atoms with Gasteiger partial charge in [0.05, 0.1) is 0 Å². The molecule has 1 heterocycles. The van der Waals surface area contributed by atoms with Crippen LogP contribution >= 0.6 is 23.5 Å². The molecule has 6 heteroatoms. The summed E-state index contributed by atoms with van der Waals surface area (Å²) in [6.07, 6.45) is 3.28. The van der Waals surface area contributed by atoms with Gasteiger partial charge in [-0.25, -0.2) is 4.79 Å². The van der Waals surface area contributed by atoms with Crippen LogP contribution < -0.4 is 5.32 Å². The highest BCUT2D eigenvalue weighted by Gasteiger charge is 2.27. The molecule has 1 aliphatic heterocycles. The lowest BCUT2D eigenvalue weighted by molar-refractivity contribution is -0.142. The van der Waals surface area contributed by atoms with Crippen molar-refractivity contribution in [3.05, 3.63) is 0 Å². The van der Waals surface area contributed by atoms with Crippen LogP contribution in [0.15, 0.2) is 0 Å². The van der Waals surface area contributed by atoms with Gasteiger partial charge >= 0.3 is 5.97 Å². The van der Waals surface area contributed by atoms with Crippen molar-refractivity contribution >= 4 is 35.4 Å². The Labute approximate surface area is 104 Å². The van der Waals surface area contributed by atoms with E-state index >= 15 is 0 Å². The Hall–Kier alpha value is -0.360. The van der Waals surface area contributed by atoms with E-state index in [2.05, 4.69) is 5.32 Å². The molecular weight excluding hydrogens is 246 g/mol. The molecule has 1 saturated heterocycles. The number of hydrogen-bond acceptors (Lipinski definition) is 4. The van der Waals surface area contributed by atoms with E-state index in [1.54, 1.807) is 23.5 Å². The molecule has 1 fully saturated rings. The molecule has 0 aliphatic carbocycles. The van der Waals surface area contributed by atoms with E-state index in [1.165, 1.54) is 0 Å². The standard InChI is InChI=1S/C10H17NO3S2/c1-15-4-3-8(10(13)14)11-9(12)7-2-5-16-6-7/h7-8H,2-6H2,1H3,(H,11,12)(H,13,14)/t7?,8-/m0/s1. The van der Waals surface area contributed by atoms with Gasteiger partial charge < -0.3 is 10.4 Å².